The van der Waals surface area contributed by atoms with Crippen molar-refractivity contribution in [2.24, 2.45) is 0 Å². The molecule has 23 heavy (non-hydrogen) atoms. The van der Waals surface area contributed by atoms with E-state index in [4.69, 9.17) is 4.74 Å². The third-order valence-corrected chi connectivity index (χ3v) is 4.47. The van der Waals surface area contributed by atoms with Gasteiger partial charge in [-0.2, -0.15) is 5.10 Å². The van der Waals surface area contributed by atoms with Crippen molar-refractivity contribution in [1.82, 2.24) is 20.1 Å². The van der Waals surface area contributed by atoms with E-state index in [1.807, 2.05) is 19.2 Å². The number of carbonyl (C=O) groups is 1. The summed E-state index contributed by atoms with van der Waals surface area (Å²) in [4.78, 5) is 16.9. The molecule has 2 aromatic heterocycles. The highest BCUT2D eigenvalue weighted by molar-refractivity contribution is 7.09. The quantitative estimate of drug-likeness (QED) is 0.753. The van der Waals surface area contributed by atoms with Crippen LogP contribution >= 0.6 is 11.3 Å². The predicted molar refractivity (Wildman–Crippen MR) is 90.8 cm³/mol. The summed E-state index contributed by atoms with van der Waals surface area (Å²) >= 11 is 1.63. The molecule has 0 spiro atoms. The van der Waals surface area contributed by atoms with Crippen molar-refractivity contribution in [1.29, 1.82) is 0 Å². The zero-order valence-corrected chi connectivity index (χ0v) is 14.9. The summed E-state index contributed by atoms with van der Waals surface area (Å²) in [6, 6.07) is 1.79. The molecule has 2 aromatic rings. The van der Waals surface area contributed by atoms with Crippen LogP contribution in [0.3, 0.4) is 0 Å². The fraction of sp³-hybridized carbons (Fsp3) is 0.562. The molecule has 0 aliphatic carbocycles. The average molecular weight is 336 g/mol. The number of ether oxygens (including phenoxy) is 1. The highest BCUT2D eigenvalue weighted by atomic mass is 32.1. The highest BCUT2D eigenvalue weighted by Gasteiger charge is 2.14. The zero-order valence-electron chi connectivity index (χ0n) is 14.1. The Morgan fingerprint density at radius 2 is 2.26 bits per heavy atom. The molecule has 7 heteroatoms. The predicted octanol–water partition coefficient (Wildman–Crippen LogP) is 2.74. The maximum absolute atomic E-state index is 12.4. The van der Waals surface area contributed by atoms with Crippen molar-refractivity contribution < 1.29 is 9.53 Å². The van der Waals surface area contributed by atoms with E-state index in [1.54, 1.807) is 22.1 Å². The van der Waals surface area contributed by atoms with E-state index in [2.05, 4.69) is 29.2 Å². The van der Waals surface area contributed by atoms with E-state index in [-0.39, 0.29) is 5.91 Å². The number of amides is 1. The van der Waals surface area contributed by atoms with Gasteiger partial charge in [-0.1, -0.05) is 13.8 Å². The van der Waals surface area contributed by atoms with Gasteiger partial charge in [-0.05, 0) is 19.9 Å². The van der Waals surface area contributed by atoms with Crippen molar-refractivity contribution >= 4 is 17.2 Å². The first kappa shape index (κ1) is 17.6. The summed E-state index contributed by atoms with van der Waals surface area (Å²) < 4.78 is 7.03. The number of nitrogens with one attached hydrogen (secondary N) is 1. The number of carbonyl (C=O) groups excluding carboxylic acids is 1. The van der Waals surface area contributed by atoms with Gasteiger partial charge in [-0.3, -0.25) is 9.48 Å². The molecule has 126 valence electrons. The maximum atomic E-state index is 12.4. The molecule has 1 N–H and O–H groups in total. The molecule has 0 atom stereocenters. The minimum atomic E-state index is -0.138. The van der Waals surface area contributed by atoms with Crippen LogP contribution < -0.4 is 5.32 Å². The molecule has 6 nitrogen and oxygen atoms in total. The Bertz CT molecular complexity index is 648. The summed E-state index contributed by atoms with van der Waals surface area (Å²) in [7, 11) is 0. The van der Waals surface area contributed by atoms with Gasteiger partial charge in [0.25, 0.3) is 5.91 Å². The standard InChI is InChI=1S/C16H24N4O2S/c1-5-22-7-6-20-14(8-12(4)19-20)15(21)17-9-13-10-23-16(18-13)11(2)3/h8,10-11H,5-7,9H2,1-4H3,(H,17,21). The molecule has 1 amide bonds. The lowest BCUT2D eigenvalue weighted by atomic mass is 10.2. The summed E-state index contributed by atoms with van der Waals surface area (Å²) in [6.07, 6.45) is 0. The molecule has 0 saturated carbocycles. The monoisotopic (exact) mass is 336 g/mol. The number of aryl methyl sites for hydroxylation is 1. The first-order valence-electron chi connectivity index (χ1n) is 7.86. The van der Waals surface area contributed by atoms with E-state index in [0.29, 0.717) is 37.9 Å². The summed E-state index contributed by atoms with van der Waals surface area (Å²) in [5.74, 6) is 0.272. The molecule has 0 aromatic carbocycles. The van der Waals surface area contributed by atoms with Gasteiger partial charge in [0, 0.05) is 17.9 Å². The van der Waals surface area contributed by atoms with Gasteiger partial charge in [-0.15, -0.1) is 11.3 Å². The molecule has 0 aliphatic rings. The van der Waals surface area contributed by atoms with E-state index in [9.17, 15) is 4.79 Å². The van der Waals surface area contributed by atoms with Crippen molar-refractivity contribution in [3.05, 3.63) is 33.5 Å². The molecule has 0 unspecified atom stereocenters. The second kappa shape index (κ2) is 8.21. The first-order valence-corrected chi connectivity index (χ1v) is 8.74. The van der Waals surface area contributed by atoms with Crippen LogP contribution in [0, 0.1) is 6.92 Å². The molecule has 2 rings (SSSR count). The molecule has 0 bridgehead atoms. The first-order chi connectivity index (χ1) is 11.0. The number of hydrogen-bond donors (Lipinski definition) is 1. The van der Waals surface area contributed by atoms with Gasteiger partial charge < -0.3 is 10.1 Å². The fourth-order valence-electron chi connectivity index (χ4n) is 2.12. The molecular weight excluding hydrogens is 312 g/mol. The SMILES string of the molecule is CCOCCn1nc(C)cc1C(=O)NCc1csc(C(C)C)n1. The number of nitrogens with zero attached hydrogens (tertiary/aromatic N) is 3. The van der Waals surface area contributed by atoms with E-state index in [1.165, 1.54) is 0 Å². The van der Waals surface area contributed by atoms with Crippen LogP contribution in [0.4, 0.5) is 0 Å². The van der Waals surface area contributed by atoms with Gasteiger partial charge in [-0.25, -0.2) is 4.98 Å². The minimum Gasteiger partial charge on any atom is -0.380 e. The van der Waals surface area contributed by atoms with Crippen LogP contribution in [0.25, 0.3) is 0 Å². The third-order valence-electron chi connectivity index (χ3n) is 3.28. The second-order valence-corrected chi connectivity index (χ2v) is 6.50. The third kappa shape index (κ3) is 4.87. The Kier molecular flexibility index (Phi) is 6.29. The van der Waals surface area contributed by atoms with Crippen LogP contribution in [-0.4, -0.2) is 33.9 Å². The topological polar surface area (TPSA) is 69.0 Å². The van der Waals surface area contributed by atoms with Crippen LogP contribution in [0.1, 0.15) is 53.6 Å². The van der Waals surface area contributed by atoms with Gasteiger partial charge in [0.2, 0.25) is 0 Å². The second-order valence-electron chi connectivity index (χ2n) is 5.61. The van der Waals surface area contributed by atoms with Crippen LogP contribution in [0.5, 0.6) is 0 Å². The van der Waals surface area contributed by atoms with Gasteiger partial charge in [0.1, 0.15) is 5.69 Å². The Morgan fingerprint density at radius 3 is 2.91 bits per heavy atom. The van der Waals surface area contributed by atoms with E-state index >= 15 is 0 Å². The molecule has 0 aliphatic heterocycles. The van der Waals surface area contributed by atoms with Gasteiger partial charge in [0.15, 0.2) is 0 Å². The lowest BCUT2D eigenvalue weighted by molar-refractivity contribution is 0.0932. The summed E-state index contributed by atoms with van der Waals surface area (Å²) in [6.45, 7) is 10.2. The molecular formula is C16H24N4O2S. The summed E-state index contributed by atoms with van der Waals surface area (Å²) in [5.41, 5.74) is 2.27. The Labute approximate surface area is 140 Å². The van der Waals surface area contributed by atoms with Crippen molar-refractivity contribution in [2.75, 3.05) is 13.2 Å². The molecule has 0 radical (unpaired) electrons. The lowest BCUT2D eigenvalue weighted by Gasteiger charge is -2.07. The smallest absolute Gasteiger partial charge is 0.269 e. The number of hydrogen-bond acceptors (Lipinski definition) is 5. The van der Waals surface area contributed by atoms with Crippen molar-refractivity contribution in [3.8, 4) is 0 Å². The number of thiazole rings is 1. The Balaban J connectivity index is 1.96. The Hall–Kier alpha value is -1.73. The van der Waals surface area contributed by atoms with Crippen molar-refractivity contribution in [3.63, 3.8) is 0 Å². The number of rotatable bonds is 8. The van der Waals surface area contributed by atoms with Crippen LogP contribution in [-0.2, 0) is 17.8 Å². The van der Waals surface area contributed by atoms with Gasteiger partial charge in [0.05, 0.1) is 36.1 Å². The largest absolute Gasteiger partial charge is 0.380 e. The van der Waals surface area contributed by atoms with Gasteiger partial charge >= 0.3 is 0 Å². The fourth-order valence-corrected chi connectivity index (χ4v) is 2.96. The van der Waals surface area contributed by atoms with E-state index < -0.39 is 0 Å². The molecule has 0 saturated heterocycles. The maximum Gasteiger partial charge on any atom is 0.269 e. The van der Waals surface area contributed by atoms with Crippen LogP contribution in [0.15, 0.2) is 11.4 Å². The Morgan fingerprint density at radius 1 is 1.48 bits per heavy atom. The molecule has 2 heterocycles. The summed E-state index contributed by atoms with van der Waals surface area (Å²) in [5, 5.41) is 10.3. The zero-order chi connectivity index (χ0) is 16.8. The van der Waals surface area contributed by atoms with Crippen LogP contribution in [0.2, 0.25) is 0 Å². The lowest BCUT2D eigenvalue weighted by Crippen LogP contribution is -2.26. The number of aromatic nitrogens is 3. The van der Waals surface area contributed by atoms with Crippen molar-refractivity contribution in [2.45, 2.75) is 46.7 Å². The highest BCUT2D eigenvalue weighted by Crippen LogP contribution is 2.19. The van der Waals surface area contributed by atoms with E-state index in [0.717, 1.165) is 16.4 Å². The average Bonchev–Trinajstić information content (AvgIpc) is 3.12. The minimum absolute atomic E-state index is 0.138. The normalized spacial score (nSPS) is 11.2. The molecule has 0 fully saturated rings.